The molecule has 0 fully saturated rings. The Hall–Kier alpha value is -2.15. The lowest BCUT2D eigenvalue weighted by Gasteiger charge is -2.26. The van der Waals surface area contributed by atoms with Gasteiger partial charge in [-0.1, -0.05) is 19.1 Å². The molecule has 0 radical (unpaired) electrons. The van der Waals surface area contributed by atoms with Crippen LogP contribution in [0.3, 0.4) is 0 Å². The first kappa shape index (κ1) is 16.7. The van der Waals surface area contributed by atoms with E-state index in [-0.39, 0.29) is 17.8 Å². The summed E-state index contributed by atoms with van der Waals surface area (Å²) in [4.78, 5) is 17.7. The Morgan fingerprint density at radius 2 is 2.38 bits per heavy atom. The van der Waals surface area contributed by atoms with E-state index in [1.54, 1.807) is 23.5 Å². The molecule has 1 atom stereocenters. The highest BCUT2D eigenvalue weighted by atomic mass is 32.1. The molecule has 2 heterocycles. The van der Waals surface area contributed by atoms with Crippen LogP contribution in [-0.4, -0.2) is 24.2 Å². The van der Waals surface area contributed by atoms with E-state index in [9.17, 15) is 9.18 Å². The molecule has 0 aliphatic carbocycles. The number of fused-ring (bicyclic) bond motifs is 1. The topological polar surface area (TPSA) is 63.2 Å². The third kappa shape index (κ3) is 3.84. The van der Waals surface area contributed by atoms with Crippen molar-refractivity contribution < 1.29 is 13.9 Å². The van der Waals surface area contributed by atoms with Gasteiger partial charge in [0.2, 0.25) is 0 Å². The lowest BCUT2D eigenvalue weighted by molar-refractivity contribution is 0.220. The van der Waals surface area contributed by atoms with Crippen molar-refractivity contribution in [3.05, 3.63) is 45.7 Å². The van der Waals surface area contributed by atoms with Gasteiger partial charge in [-0.2, -0.15) is 0 Å². The minimum Gasteiger partial charge on any atom is -0.490 e. The first-order chi connectivity index (χ1) is 11.7. The second-order valence-electron chi connectivity index (χ2n) is 5.57. The summed E-state index contributed by atoms with van der Waals surface area (Å²) < 4.78 is 19.1. The zero-order valence-corrected chi connectivity index (χ0v) is 14.3. The Balaban J connectivity index is 1.52. The molecule has 24 heavy (non-hydrogen) atoms. The fraction of sp³-hybridized carbons (Fsp3) is 0.412. The molecule has 0 saturated carbocycles. The number of nitrogens with zero attached hydrogens (tertiary/aromatic N) is 1. The second kappa shape index (κ2) is 7.61. The lowest BCUT2D eigenvalue weighted by Crippen LogP contribution is -2.40. The minimum absolute atomic E-state index is 0.240. The number of thiazole rings is 1. The number of rotatable bonds is 5. The normalized spacial score (nSPS) is 16.2. The van der Waals surface area contributed by atoms with Crippen LogP contribution in [0, 0.1) is 5.82 Å². The zero-order valence-electron chi connectivity index (χ0n) is 13.5. The number of halogens is 1. The number of hydrogen-bond donors (Lipinski definition) is 2. The average molecular weight is 349 g/mol. The number of benzene rings is 1. The number of aryl methyl sites for hydroxylation is 1. The molecule has 0 saturated heterocycles. The molecular formula is C17H20FN3O2S. The van der Waals surface area contributed by atoms with Crippen molar-refractivity contribution in [3.8, 4) is 5.75 Å². The molecule has 2 amide bonds. The summed E-state index contributed by atoms with van der Waals surface area (Å²) in [6, 6.07) is 4.27. The monoisotopic (exact) mass is 349 g/mol. The van der Waals surface area contributed by atoms with E-state index in [4.69, 9.17) is 4.74 Å². The van der Waals surface area contributed by atoms with Gasteiger partial charge in [0.25, 0.3) is 0 Å². The van der Waals surface area contributed by atoms with Gasteiger partial charge in [0.1, 0.15) is 0 Å². The molecule has 2 N–H and O–H groups in total. The number of nitrogens with one attached hydrogen (secondary N) is 2. The molecule has 0 bridgehead atoms. The summed E-state index contributed by atoms with van der Waals surface area (Å²) in [5.74, 6) is -0.154. The third-order valence-corrected chi connectivity index (χ3v) is 5.11. The van der Waals surface area contributed by atoms with Gasteiger partial charge >= 0.3 is 6.03 Å². The summed E-state index contributed by atoms with van der Waals surface area (Å²) in [6.45, 7) is 3.00. The van der Waals surface area contributed by atoms with Crippen molar-refractivity contribution >= 4 is 17.4 Å². The maximum Gasteiger partial charge on any atom is 0.315 e. The molecule has 0 spiro atoms. The molecule has 128 valence electrons. The summed E-state index contributed by atoms with van der Waals surface area (Å²) in [5.41, 5.74) is 0.684. The molecule has 1 aliphatic heterocycles. The third-order valence-electron chi connectivity index (χ3n) is 3.91. The second-order valence-corrected chi connectivity index (χ2v) is 6.77. The van der Waals surface area contributed by atoms with E-state index in [0.717, 1.165) is 11.4 Å². The number of amides is 2. The first-order valence-corrected chi connectivity index (χ1v) is 8.88. The largest absolute Gasteiger partial charge is 0.490 e. The van der Waals surface area contributed by atoms with Gasteiger partial charge in [0.05, 0.1) is 17.7 Å². The minimum atomic E-state index is -0.394. The van der Waals surface area contributed by atoms with Gasteiger partial charge in [-0.05, 0) is 12.5 Å². The Bertz CT molecular complexity index is 720. The SMILES string of the molecule is CCc1cnc(CCNC(=O)N[C@H]2CCOc3c(F)cccc32)s1. The van der Waals surface area contributed by atoms with Crippen molar-refractivity contribution in [2.24, 2.45) is 0 Å². The summed E-state index contributed by atoms with van der Waals surface area (Å²) in [7, 11) is 0. The number of carbonyl (C=O) groups excluding carboxylic acids is 1. The van der Waals surface area contributed by atoms with Gasteiger partial charge < -0.3 is 15.4 Å². The number of para-hydroxylation sites is 1. The van der Waals surface area contributed by atoms with E-state index in [1.807, 2.05) is 6.20 Å². The number of hydrogen-bond acceptors (Lipinski definition) is 4. The van der Waals surface area contributed by atoms with Gasteiger partial charge in [-0.3, -0.25) is 0 Å². The van der Waals surface area contributed by atoms with Crippen molar-refractivity contribution in [2.75, 3.05) is 13.2 Å². The van der Waals surface area contributed by atoms with Crippen molar-refractivity contribution in [2.45, 2.75) is 32.2 Å². The van der Waals surface area contributed by atoms with E-state index in [2.05, 4.69) is 22.5 Å². The molecule has 0 unspecified atom stereocenters. The molecule has 1 aliphatic rings. The van der Waals surface area contributed by atoms with E-state index < -0.39 is 5.82 Å². The smallest absolute Gasteiger partial charge is 0.315 e. The molecule has 5 nitrogen and oxygen atoms in total. The van der Waals surface area contributed by atoms with Crippen molar-refractivity contribution in [1.82, 2.24) is 15.6 Å². The summed E-state index contributed by atoms with van der Waals surface area (Å²) in [6.07, 6.45) is 4.19. The maximum absolute atomic E-state index is 13.7. The Morgan fingerprint density at radius 3 is 3.17 bits per heavy atom. The average Bonchev–Trinajstić information content (AvgIpc) is 3.04. The standard InChI is InChI=1S/C17H20FN3O2S/c1-2-11-10-20-15(24-11)6-8-19-17(22)21-14-7-9-23-16-12(14)4-3-5-13(16)18/h3-5,10,14H,2,6-9H2,1H3,(H2,19,21,22)/t14-/m0/s1. The van der Waals surface area contributed by atoms with Crippen LogP contribution in [-0.2, 0) is 12.8 Å². The maximum atomic E-state index is 13.7. The fourth-order valence-electron chi connectivity index (χ4n) is 2.66. The highest BCUT2D eigenvalue weighted by molar-refractivity contribution is 7.11. The molecule has 2 aromatic rings. The number of ether oxygens (including phenoxy) is 1. The van der Waals surface area contributed by atoms with Crippen LogP contribution < -0.4 is 15.4 Å². The lowest BCUT2D eigenvalue weighted by atomic mass is 10.0. The van der Waals surface area contributed by atoms with E-state index in [1.165, 1.54) is 10.9 Å². The van der Waals surface area contributed by atoms with E-state index in [0.29, 0.717) is 31.6 Å². The van der Waals surface area contributed by atoms with Crippen LogP contribution in [0.4, 0.5) is 9.18 Å². The van der Waals surface area contributed by atoms with Crippen molar-refractivity contribution in [3.63, 3.8) is 0 Å². The van der Waals surface area contributed by atoms with Crippen LogP contribution in [0.15, 0.2) is 24.4 Å². The van der Waals surface area contributed by atoms with Crippen LogP contribution in [0.2, 0.25) is 0 Å². The molecular weight excluding hydrogens is 329 g/mol. The van der Waals surface area contributed by atoms with Crippen LogP contribution in [0.25, 0.3) is 0 Å². The number of carbonyl (C=O) groups is 1. The predicted octanol–water partition coefficient (Wildman–Crippen LogP) is 3.21. The van der Waals surface area contributed by atoms with Gasteiger partial charge in [-0.25, -0.2) is 14.2 Å². The molecule has 3 rings (SSSR count). The fourth-order valence-corrected chi connectivity index (χ4v) is 3.52. The first-order valence-electron chi connectivity index (χ1n) is 8.06. The zero-order chi connectivity index (χ0) is 16.9. The van der Waals surface area contributed by atoms with Gasteiger partial charge in [0.15, 0.2) is 11.6 Å². The highest BCUT2D eigenvalue weighted by Crippen LogP contribution is 2.33. The van der Waals surface area contributed by atoms with E-state index >= 15 is 0 Å². The quantitative estimate of drug-likeness (QED) is 0.871. The highest BCUT2D eigenvalue weighted by Gasteiger charge is 2.25. The Labute approximate surface area is 144 Å². The summed E-state index contributed by atoms with van der Waals surface area (Å²) >= 11 is 1.67. The van der Waals surface area contributed by atoms with Crippen LogP contribution >= 0.6 is 11.3 Å². The predicted molar refractivity (Wildman–Crippen MR) is 91.0 cm³/mol. The summed E-state index contributed by atoms with van der Waals surface area (Å²) in [5, 5.41) is 6.74. The van der Waals surface area contributed by atoms with Gasteiger partial charge in [-0.15, -0.1) is 11.3 Å². The molecule has 7 heteroatoms. The molecule has 1 aromatic heterocycles. The Kier molecular flexibility index (Phi) is 5.30. The Morgan fingerprint density at radius 1 is 1.50 bits per heavy atom. The van der Waals surface area contributed by atoms with Gasteiger partial charge in [0, 0.05) is 36.0 Å². The number of aromatic nitrogens is 1. The van der Waals surface area contributed by atoms with Crippen LogP contribution in [0.5, 0.6) is 5.75 Å². The number of urea groups is 1. The van der Waals surface area contributed by atoms with Crippen LogP contribution in [0.1, 0.15) is 34.8 Å². The molecule has 1 aromatic carbocycles. The van der Waals surface area contributed by atoms with Crippen molar-refractivity contribution in [1.29, 1.82) is 0 Å².